The molecule has 0 amide bonds. The Balaban J connectivity index is 1.83. The van der Waals surface area contributed by atoms with Crippen LogP contribution in [-0.4, -0.2) is 59.9 Å². The minimum Gasteiger partial charge on any atom is -0.469 e. The second-order valence-corrected chi connectivity index (χ2v) is 9.14. The van der Waals surface area contributed by atoms with Crippen LogP contribution in [0, 0.1) is 11.8 Å². The van der Waals surface area contributed by atoms with Crippen LogP contribution < -0.4 is 0 Å². The molecule has 1 aromatic carbocycles. The number of esters is 1. The predicted octanol–water partition coefficient (Wildman–Crippen LogP) is 2.94. The van der Waals surface area contributed by atoms with Crippen LogP contribution in [-0.2, 0) is 32.1 Å². The van der Waals surface area contributed by atoms with Crippen LogP contribution in [0.15, 0.2) is 36.4 Å². The fourth-order valence-electron chi connectivity index (χ4n) is 3.90. The number of hydrogen-bond donors (Lipinski definition) is 2. The van der Waals surface area contributed by atoms with Gasteiger partial charge in [-0.3, -0.25) is 9.59 Å². The molecule has 1 fully saturated rings. The minimum absolute atomic E-state index is 0.0825. The molecule has 172 valence electrons. The Hall–Kier alpha value is -1.67. The summed E-state index contributed by atoms with van der Waals surface area (Å²) in [5.41, 5.74) is 2.06. The number of methoxy groups -OCH3 is 2. The summed E-state index contributed by atoms with van der Waals surface area (Å²) in [6.07, 6.45) is 4.60. The van der Waals surface area contributed by atoms with E-state index in [2.05, 4.69) is 4.74 Å². The minimum atomic E-state index is -0.699. The molecule has 4 atom stereocenters. The monoisotopic (exact) mass is 450 g/mol. The lowest BCUT2D eigenvalue weighted by Gasteiger charge is -2.18. The van der Waals surface area contributed by atoms with Crippen LogP contribution in [0.5, 0.6) is 0 Å². The van der Waals surface area contributed by atoms with E-state index in [1.54, 1.807) is 24.9 Å². The topological polar surface area (TPSA) is 93.1 Å². The highest BCUT2D eigenvalue weighted by molar-refractivity contribution is 7.99. The lowest BCUT2D eigenvalue weighted by Crippen LogP contribution is -2.20. The summed E-state index contributed by atoms with van der Waals surface area (Å²) in [5, 5.41) is 20.8. The van der Waals surface area contributed by atoms with Gasteiger partial charge in [-0.05, 0) is 35.5 Å². The lowest BCUT2D eigenvalue weighted by molar-refractivity contribution is -0.140. The second-order valence-electron chi connectivity index (χ2n) is 7.91. The van der Waals surface area contributed by atoms with Gasteiger partial charge in [-0.2, -0.15) is 11.8 Å². The molecular formula is C24H34O6S. The first-order chi connectivity index (χ1) is 14.9. The summed E-state index contributed by atoms with van der Waals surface area (Å²) in [4.78, 5) is 23.5. The zero-order chi connectivity index (χ0) is 22.6. The van der Waals surface area contributed by atoms with Gasteiger partial charge in [0.05, 0.1) is 25.9 Å². The molecule has 1 aliphatic rings. The molecule has 0 radical (unpaired) electrons. The van der Waals surface area contributed by atoms with Crippen molar-refractivity contribution in [1.82, 2.24) is 0 Å². The van der Waals surface area contributed by atoms with Crippen molar-refractivity contribution >= 4 is 23.5 Å². The number of thioether (sulfide) groups is 1. The first-order valence-electron chi connectivity index (χ1n) is 10.7. The third kappa shape index (κ3) is 8.77. The second kappa shape index (κ2) is 13.7. The zero-order valence-corrected chi connectivity index (χ0v) is 19.2. The summed E-state index contributed by atoms with van der Waals surface area (Å²) < 4.78 is 9.77. The maximum absolute atomic E-state index is 12.3. The number of ketones is 1. The fourth-order valence-corrected chi connectivity index (χ4v) is 4.88. The maximum Gasteiger partial charge on any atom is 0.305 e. The summed E-state index contributed by atoms with van der Waals surface area (Å²) in [5.74, 6) is 1.01. The summed E-state index contributed by atoms with van der Waals surface area (Å²) in [6.45, 7) is 0.526. The van der Waals surface area contributed by atoms with Crippen molar-refractivity contribution < 1.29 is 29.3 Å². The average Bonchev–Trinajstić information content (AvgIpc) is 3.01. The van der Waals surface area contributed by atoms with Crippen LogP contribution in [0.2, 0.25) is 0 Å². The van der Waals surface area contributed by atoms with E-state index in [9.17, 15) is 19.8 Å². The highest BCUT2D eigenvalue weighted by Gasteiger charge is 2.39. The molecule has 1 aliphatic carbocycles. The summed E-state index contributed by atoms with van der Waals surface area (Å²) in [7, 11) is 3.03. The van der Waals surface area contributed by atoms with E-state index in [-0.39, 0.29) is 30.0 Å². The van der Waals surface area contributed by atoms with Crippen molar-refractivity contribution in [3.8, 4) is 0 Å². The van der Waals surface area contributed by atoms with E-state index in [0.29, 0.717) is 25.9 Å². The number of carbonyl (C=O) groups excluding carboxylic acids is 2. The Labute approximate surface area is 189 Å². The molecule has 7 heteroatoms. The van der Waals surface area contributed by atoms with Gasteiger partial charge in [0.15, 0.2) is 0 Å². The van der Waals surface area contributed by atoms with E-state index in [1.165, 1.54) is 7.11 Å². The Bertz CT molecular complexity index is 735. The van der Waals surface area contributed by atoms with Crippen LogP contribution in [0.3, 0.4) is 0 Å². The molecule has 2 N–H and O–H groups in total. The van der Waals surface area contributed by atoms with E-state index in [4.69, 9.17) is 4.74 Å². The number of Topliss-reactive ketones (excluding diaryl/α,β-unsaturated/α-hetero) is 1. The first-order valence-corrected chi connectivity index (χ1v) is 11.9. The van der Waals surface area contributed by atoms with Crippen molar-refractivity contribution in [3.05, 3.63) is 47.5 Å². The molecule has 0 saturated heterocycles. The Morgan fingerprint density at radius 2 is 2.06 bits per heavy atom. The molecule has 31 heavy (non-hydrogen) atoms. The number of carbonyl (C=O) groups is 2. The van der Waals surface area contributed by atoms with E-state index in [0.717, 1.165) is 29.1 Å². The smallest absolute Gasteiger partial charge is 0.305 e. The normalized spacial score (nSPS) is 22.2. The first kappa shape index (κ1) is 25.6. The lowest BCUT2D eigenvalue weighted by atomic mass is 9.91. The van der Waals surface area contributed by atoms with Crippen LogP contribution in [0.25, 0.3) is 0 Å². The van der Waals surface area contributed by atoms with Crippen molar-refractivity contribution in [2.75, 3.05) is 25.7 Å². The van der Waals surface area contributed by atoms with Gasteiger partial charge in [-0.1, -0.05) is 36.4 Å². The third-order valence-corrected chi connectivity index (χ3v) is 6.61. The molecule has 1 aromatic rings. The van der Waals surface area contributed by atoms with Gasteiger partial charge >= 0.3 is 5.97 Å². The Morgan fingerprint density at radius 3 is 2.81 bits per heavy atom. The predicted molar refractivity (Wildman–Crippen MR) is 122 cm³/mol. The van der Waals surface area contributed by atoms with Crippen molar-refractivity contribution in [2.45, 2.75) is 50.9 Å². The number of ether oxygens (including phenoxy) is 2. The molecule has 0 aromatic heterocycles. The largest absolute Gasteiger partial charge is 0.469 e. The maximum atomic E-state index is 12.3. The highest BCUT2D eigenvalue weighted by atomic mass is 32.2. The molecule has 6 nitrogen and oxygen atoms in total. The van der Waals surface area contributed by atoms with E-state index in [1.807, 2.05) is 30.3 Å². The molecule has 0 heterocycles. The van der Waals surface area contributed by atoms with Crippen molar-refractivity contribution in [1.29, 1.82) is 0 Å². The Morgan fingerprint density at radius 1 is 1.29 bits per heavy atom. The van der Waals surface area contributed by atoms with Crippen LogP contribution in [0.4, 0.5) is 0 Å². The van der Waals surface area contributed by atoms with Gasteiger partial charge in [0, 0.05) is 38.2 Å². The van der Waals surface area contributed by atoms with Gasteiger partial charge in [0.25, 0.3) is 0 Å². The molecular weight excluding hydrogens is 416 g/mol. The molecule has 0 bridgehead atoms. The van der Waals surface area contributed by atoms with Crippen LogP contribution >= 0.6 is 11.8 Å². The van der Waals surface area contributed by atoms with Crippen LogP contribution in [0.1, 0.15) is 36.8 Å². The van der Waals surface area contributed by atoms with Gasteiger partial charge in [0.2, 0.25) is 0 Å². The standard InChI is InChI=1S/C24H34O6S/c1-29-16-18-6-3-5-17(13-18)14-19(25)8-9-20-21(23(27)15-22(20)26)10-12-31-11-4-7-24(28)30-2/h3,5-6,8-9,13,19-22,25-26H,4,7,10-12,14-16H2,1-2H3/b9-8+/t19?,20-,21-,22+/m1/s1. The average molecular weight is 451 g/mol. The molecule has 1 saturated carbocycles. The molecule has 1 unspecified atom stereocenters. The van der Waals surface area contributed by atoms with Gasteiger partial charge in [-0.15, -0.1) is 0 Å². The number of rotatable bonds is 13. The fraction of sp³-hybridized carbons (Fsp3) is 0.583. The third-order valence-electron chi connectivity index (χ3n) is 5.51. The summed E-state index contributed by atoms with van der Waals surface area (Å²) in [6, 6.07) is 7.89. The van der Waals surface area contributed by atoms with Crippen molar-refractivity contribution in [3.63, 3.8) is 0 Å². The SMILES string of the molecule is COCc1cccc(CC(O)/C=C/[C@H]2[C@@H](O)CC(=O)[C@@H]2CCSCCCC(=O)OC)c1. The molecule has 0 aliphatic heterocycles. The van der Waals surface area contributed by atoms with Gasteiger partial charge < -0.3 is 19.7 Å². The zero-order valence-electron chi connectivity index (χ0n) is 18.4. The molecule has 0 spiro atoms. The quantitative estimate of drug-likeness (QED) is 0.271. The number of aliphatic hydroxyl groups excluding tert-OH is 2. The van der Waals surface area contributed by atoms with E-state index < -0.39 is 12.2 Å². The summed E-state index contributed by atoms with van der Waals surface area (Å²) >= 11 is 1.70. The van der Waals surface area contributed by atoms with Crippen molar-refractivity contribution in [2.24, 2.45) is 11.8 Å². The molecule has 2 rings (SSSR count). The Kier molecular flexibility index (Phi) is 11.3. The van der Waals surface area contributed by atoms with Gasteiger partial charge in [0.1, 0.15) is 5.78 Å². The van der Waals surface area contributed by atoms with Gasteiger partial charge in [-0.25, -0.2) is 0 Å². The number of aliphatic hydroxyl groups is 2. The number of hydrogen-bond acceptors (Lipinski definition) is 7. The van der Waals surface area contributed by atoms with E-state index >= 15 is 0 Å². The number of benzene rings is 1. The highest BCUT2D eigenvalue weighted by Crippen LogP contribution is 2.34.